The highest BCUT2D eigenvalue weighted by Crippen LogP contribution is 2.21. The van der Waals surface area contributed by atoms with E-state index in [-0.39, 0.29) is 5.91 Å². The number of nitrogens with one attached hydrogen (secondary N) is 1. The fourth-order valence-electron chi connectivity index (χ4n) is 1.88. The van der Waals surface area contributed by atoms with Crippen LogP contribution >= 0.6 is 11.3 Å². The lowest BCUT2D eigenvalue weighted by Gasteiger charge is -2.10. The predicted molar refractivity (Wildman–Crippen MR) is 82.2 cm³/mol. The van der Waals surface area contributed by atoms with Crippen molar-refractivity contribution in [3.63, 3.8) is 0 Å². The van der Waals surface area contributed by atoms with Gasteiger partial charge in [0.05, 0.1) is 4.88 Å². The largest absolute Gasteiger partial charge is 0.321 e. The van der Waals surface area contributed by atoms with Crippen LogP contribution in [0.1, 0.15) is 46.3 Å². The quantitative estimate of drug-likeness (QED) is 0.850. The van der Waals surface area contributed by atoms with Crippen molar-refractivity contribution in [3.8, 4) is 0 Å². The first-order valence-electron chi connectivity index (χ1n) is 6.58. The molecule has 0 saturated carbocycles. The molecular formula is C16H19NOS. The Kier molecular flexibility index (Phi) is 4.38. The molecule has 1 heterocycles. The smallest absolute Gasteiger partial charge is 0.265 e. The van der Waals surface area contributed by atoms with Crippen LogP contribution in [0.25, 0.3) is 0 Å². The molecule has 2 aromatic rings. The highest BCUT2D eigenvalue weighted by molar-refractivity contribution is 7.14. The van der Waals surface area contributed by atoms with Crippen LogP contribution in [0.4, 0.5) is 5.69 Å². The van der Waals surface area contributed by atoms with E-state index in [1.54, 1.807) is 0 Å². The summed E-state index contributed by atoms with van der Waals surface area (Å²) in [6, 6.07) is 11.9. The van der Waals surface area contributed by atoms with Crippen LogP contribution in [0, 0.1) is 6.92 Å². The highest BCUT2D eigenvalue weighted by atomic mass is 32.1. The lowest BCUT2D eigenvalue weighted by molar-refractivity contribution is 0.103. The zero-order chi connectivity index (χ0) is 13.8. The van der Waals surface area contributed by atoms with Gasteiger partial charge in [-0.15, -0.1) is 11.3 Å². The van der Waals surface area contributed by atoms with Gasteiger partial charge in [-0.2, -0.15) is 0 Å². The minimum absolute atomic E-state index is 0.0330. The second-order valence-electron chi connectivity index (χ2n) is 4.80. The molecule has 3 heteroatoms. The van der Waals surface area contributed by atoms with Crippen LogP contribution in [-0.4, -0.2) is 5.91 Å². The summed E-state index contributed by atoms with van der Waals surface area (Å²) < 4.78 is 0. The maximum Gasteiger partial charge on any atom is 0.265 e. The maximum absolute atomic E-state index is 12.0. The van der Waals surface area contributed by atoms with Gasteiger partial charge in [-0.3, -0.25) is 4.79 Å². The molecule has 2 nitrogen and oxygen atoms in total. The van der Waals surface area contributed by atoms with Gasteiger partial charge in [-0.25, -0.2) is 0 Å². The minimum Gasteiger partial charge on any atom is -0.321 e. The highest BCUT2D eigenvalue weighted by Gasteiger charge is 2.08. The van der Waals surface area contributed by atoms with Gasteiger partial charge in [-0.1, -0.05) is 26.0 Å². The van der Waals surface area contributed by atoms with E-state index in [1.165, 1.54) is 16.9 Å². The zero-order valence-electron chi connectivity index (χ0n) is 11.6. The number of carbonyl (C=O) groups excluding carboxylic acids is 1. The number of rotatable bonds is 4. The molecule has 1 amide bonds. The molecule has 2 rings (SSSR count). The summed E-state index contributed by atoms with van der Waals surface area (Å²) in [7, 11) is 0. The molecule has 1 atom stereocenters. The number of anilines is 1. The van der Waals surface area contributed by atoms with Crippen molar-refractivity contribution in [2.75, 3.05) is 5.32 Å². The van der Waals surface area contributed by atoms with Crippen LogP contribution in [0.15, 0.2) is 36.4 Å². The number of hydrogen-bond acceptors (Lipinski definition) is 2. The van der Waals surface area contributed by atoms with Gasteiger partial charge in [0.15, 0.2) is 0 Å². The third-order valence-electron chi connectivity index (χ3n) is 3.31. The van der Waals surface area contributed by atoms with E-state index < -0.39 is 0 Å². The Hall–Kier alpha value is -1.61. The van der Waals surface area contributed by atoms with Crippen molar-refractivity contribution < 1.29 is 4.79 Å². The second-order valence-corrected chi connectivity index (χ2v) is 6.08. The third kappa shape index (κ3) is 3.44. The van der Waals surface area contributed by atoms with Crippen LogP contribution in [0.5, 0.6) is 0 Å². The summed E-state index contributed by atoms with van der Waals surface area (Å²) in [4.78, 5) is 13.9. The Labute approximate surface area is 118 Å². The molecule has 0 unspecified atom stereocenters. The van der Waals surface area contributed by atoms with Gasteiger partial charge >= 0.3 is 0 Å². The van der Waals surface area contributed by atoms with Crippen LogP contribution in [0.3, 0.4) is 0 Å². The molecule has 0 aliphatic rings. The zero-order valence-corrected chi connectivity index (χ0v) is 12.4. The van der Waals surface area contributed by atoms with E-state index in [4.69, 9.17) is 0 Å². The van der Waals surface area contributed by atoms with E-state index in [1.807, 2.05) is 31.2 Å². The number of benzene rings is 1. The van der Waals surface area contributed by atoms with Gasteiger partial charge in [0.2, 0.25) is 0 Å². The van der Waals surface area contributed by atoms with Crippen molar-refractivity contribution in [1.82, 2.24) is 0 Å². The maximum atomic E-state index is 12.0. The molecule has 1 aromatic heterocycles. The Morgan fingerprint density at radius 3 is 2.42 bits per heavy atom. The molecule has 1 N–H and O–H groups in total. The molecule has 100 valence electrons. The van der Waals surface area contributed by atoms with Crippen molar-refractivity contribution in [3.05, 3.63) is 51.7 Å². The van der Waals surface area contributed by atoms with E-state index in [2.05, 4.69) is 31.3 Å². The number of aryl methyl sites for hydroxylation is 1. The van der Waals surface area contributed by atoms with Gasteiger partial charge in [-0.05, 0) is 49.1 Å². The van der Waals surface area contributed by atoms with Gasteiger partial charge in [0.1, 0.15) is 0 Å². The number of amides is 1. The standard InChI is InChI=1S/C16H19NOS/c1-4-11(2)13-6-8-14(9-7-13)17-16(18)15-10-5-12(3)19-15/h5-11H,4H2,1-3H3,(H,17,18)/t11-/m1/s1. The average molecular weight is 273 g/mol. The molecule has 19 heavy (non-hydrogen) atoms. The summed E-state index contributed by atoms with van der Waals surface area (Å²) in [6.07, 6.45) is 1.13. The molecule has 0 radical (unpaired) electrons. The lowest BCUT2D eigenvalue weighted by Crippen LogP contribution is -2.10. The third-order valence-corrected chi connectivity index (χ3v) is 4.31. The van der Waals surface area contributed by atoms with E-state index in [0.29, 0.717) is 5.92 Å². The van der Waals surface area contributed by atoms with Crippen molar-refractivity contribution >= 4 is 22.9 Å². The van der Waals surface area contributed by atoms with Gasteiger partial charge in [0, 0.05) is 10.6 Å². The Balaban J connectivity index is 2.05. The first kappa shape index (κ1) is 13.8. The van der Waals surface area contributed by atoms with Crippen LogP contribution in [0.2, 0.25) is 0 Å². The second kappa shape index (κ2) is 6.02. The minimum atomic E-state index is -0.0330. The van der Waals surface area contributed by atoms with Crippen molar-refractivity contribution in [2.24, 2.45) is 0 Å². The summed E-state index contributed by atoms with van der Waals surface area (Å²) in [6.45, 7) is 6.39. The van der Waals surface area contributed by atoms with Crippen LogP contribution < -0.4 is 5.32 Å². The fourth-order valence-corrected chi connectivity index (χ4v) is 2.64. The number of hydrogen-bond donors (Lipinski definition) is 1. The normalized spacial score (nSPS) is 12.2. The van der Waals surface area contributed by atoms with E-state index in [9.17, 15) is 4.79 Å². The molecule has 1 aromatic carbocycles. The molecule has 0 aliphatic heterocycles. The molecule has 0 spiro atoms. The number of carbonyl (C=O) groups is 1. The lowest BCUT2D eigenvalue weighted by atomic mass is 9.99. The van der Waals surface area contributed by atoms with Crippen molar-refractivity contribution in [2.45, 2.75) is 33.1 Å². The molecular weight excluding hydrogens is 254 g/mol. The summed E-state index contributed by atoms with van der Waals surface area (Å²) in [5.74, 6) is 0.527. The Bertz CT molecular complexity index is 556. The molecule has 0 saturated heterocycles. The molecule has 0 aliphatic carbocycles. The Morgan fingerprint density at radius 2 is 1.89 bits per heavy atom. The fraction of sp³-hybridized carbons (Fsp3) is 0.312. The molecule has 0 fully saturated rings. The monoisotopic (exact) mass is 273 g/mol. The van der Waals surface area contributed by atoms with Gasteiger partial charge < -0.3 is 5.32 Å². The average Bonchev–Trinajstić information content (AvgIpc) is 2.85. The van der Waals surface area contributed by atoms with Gasteiger partial charge in [0.25, 0.3) is 5.91 Å². The predicted octanol–water partition coefficient (Wildman–Crippen LogP) is 4.82. The van der Waals surface area contributed by atoms with Crippen LogP contribution in [-0.2, 0) is 0 Å². The molecule has 0 bridgehead atoms. The van der Waals surface area contributed by atoms with Crippen molar-refractivity contribution in [1.29, 1.82) is 0 Å². The first-order valence-corrected chi connectivity index (χ1v) is 7.39. The van der Waals surface area contributed by atoms with E-state index >= 15 is 0 Å². The first-order chi connectivity index (χ1) is 9.10. The summed E-state index contributed by atoms with van der Waals surface area (Å²) in [5.41, 5.74) is 2.16. The Morgan fingerprint density at radius 1 is 1.21 bits per heavy atom. The van der Waals surface area contributed by atoms with E-state index in [0.717, 1.165) is 21.9 Å². The number of thiophene rings is 1. The summed E-state index contributed by atoms with van der Waals surface area (Å²) >= 11 is 1.51. The summed E-state index contributed by atoms with van der Waals surface area (Å²) in [5, 5.41) is 2.93. The topological polar surface area (TPSA) is 29.1 Å². The SMILES string of the molecule is CC[C@@H](C)c1ccc(NC(=O)c2ccc(C)s2)cc1.